The summed E-state index contributed by atoms with van der Waals surface area (Å²) in [6.45, 7) is 7.33. The van der Waals surface area contributed by atoms with E-state index >= 15 is 0 Å². The van der Waals surface area contributed by atoms with Crippen LogP contribution in [0, 0.1) is 13.8 Å². The number of hydrogen-bond acceptors (Lipinski definition) is 3. The maximum Gasteiger partial charge on any atom is 0.226 e. The van der Waals surface area contributed by atoms with E-state index in [0.29, 0.717) is 13.0 Å². The Kier molecular flexibility index (Phi) is 7.27. The lowest BCUT2D eigenvalue weighted by Gasteiger charge is -2.26. The molecule has 2 heterocycles. The van der Waals surface area contributed by atoms with Gasteiger partial charge in [0.25, 0.3) is 0 Å². The number of nitrogens with one attached hydrogen (secondary N) is 2. The molecule has 7 heteroatoms. The molecule has 0 spiro atoms. The fourth-order valence-electron chi connectivity index (χ4n) is 3.62. The first-order valence-electron chi connectivity index (χ1n) is 10.4. The zero-order valence-electron chi connectivity index (χ0n) is 17.7. The van der Waals surface area contributed by atoms with E-state index in [2.05, 4.69) is 45.8 Å². The molecule has 3 rings (SSSR count). The number of aryl methyl sites for hydroxylation is 3. The first-order chi connectivity index (χ1) is 14.1. The SMILES string of the molecule is CN=C(NCCCn1nc(C)cc1C)NCc1ccc(N2CCCCC2=O)cc1. The number of hydrogen-bond donors (Lipinski definition) is 2. The number of rotatable bonds is 7. The van der Waals surface area contributed by atoms with Gasteiger partial charge in [0.05, 0.1) is 5.69 Å². The lowest BCUT2D eigenvalue weighted by molar-refractivity contribution is -0.119. The molecular formula is C22H32N6O. The van der Waals surface area contributed by atoms with Gasteiger partial charge in [0.2, 0.25) is 5.91 Å². The first-order valence-corrected chi connectivity index (χ1v) is 10.4. The molecule has 1 aliphatic rings. The Balaban J connectivity index is 1.42. The number of carbonyl (C=O) groups excluding carboxylic acids is 1. The minimum absolute atomic E-state index is 0.229. The normalized spacial score (nSPS) is 14.9. The first kappa shape index (κ1) is 20.9. The van der Waals surface area contributed by atoms with Gasteiger partial charge in [-0.25, -0.2) is 0 Å². The van der Waals surface area contributed by atoms with Crippen molar-refractivity contribution in [3.8, 4) is 0 Å². The molecular weight excluding hydrogens is 364 g/mol. The second kappa shape index (κ2) is 10.1. The highest BCUT2D eigenvalue weighted by molar-refractivity contribution is 5.93. The summed E-state index contributed by atoms with van der Waals surface area (Å²) >= 11 is 0. The number of piperidine rings is 1. The van der Waals surface area contributed by atoms with Crippen molar-refractivity contribution in [3.63, 3.8) is 0 Å². The van der Waals surface area contributed by atoms with Crippen molar-refractivity contribution in [1.29, 1.82) is 0 Å². The number of aliphatic imine (C=N–C) groups is 1. The Labute approximate surface area is 173 Å². The van der Waals surface area contributed by atoms with Crippen molar-refractivity contribution in [2.45, 2.75) is 52.6 Å². The minimum atomic E-state index is 0.229. The Morgan fingerprint density at radius 3 is 2.62 bits per heavy atom. The molecule has 1 saturated heterocycles. The number of benzene rings is 1. The molecule has 0 unspecified atom stereocenters. The van der Waals surface area contributed by atoms with Crippen LogP contribution in [0.2, 0.25) is 0 Å². The number of carbonyl (C=O) groups is 1. The third kappa shape index (κ3) is 5.82. The molecule has 29 heavy (non-hydrogen) atoms. The maximum absolute atomic E-state index is 12.1. The Hall–Kier alpha value is -2.83. The second-order valence-corrected chi connectivity index (χ2v) is 7.53. The Morgan fingerprint density at radius 1 is 1.17 bits per heavy atom. The van der Waals surface area contributed by atoms with Crippen LogP contribution >= 0.6 is 0 Å². The van der Waals surface area contributed by atoms with E-state index in [1.165, 1.54) is 5.69 Å². The summed E-state index contributed by atoms with van der Waals surface area (Å²) in [6, 6.07) is 10.3. The van der Waals surface area contributed by atoms with Crippen LogP contribution in [-0.2, 0) is 17.9 Å². The summed E-state index contributed by atoms with van der Waals surface area (Å²) in [4.78, 5) is 18.2. The molecule has 7 nitrogen and oxygen atoms in total. The highest BCUT2D eigenvalue weighted by Crippen LogP contribution is 2.21. The number of anilines is 1. The summed E-state index contributed by atoms with van der Waals surface area (Å²) in [5.41, 5.74) is 4.40. The summed E-state index contributed by atoms with van der Waals surface area (Å²) < 4.78 is 2.04. The highest BCUT2D eigenvalue weighted by atomic mass is 16.2. The van der Waals surface area contributed by atoms with Crippen molar-refractivity contribution < 1.29 is 4.79 Å². The van der Waals surface area contributed by atoms with Gasteiger partial charge in [0.1, 0.15) is 0 Å². The van der Waals surface area contributed by atoms with Crippen LogP contribution in [0.3, 0.4) is 0 Å². The topological polar surface area (TPSA) is 74.6 Å². The van der Waals surface area contributed by atoms with Gasteiger partial charge < -0.3 is 15.5 Å². The Bertz CT molecular complexity index is 839. The predicted octanol–water partition coefficient (Wildman–Crippen LogP) is 2.77. The molecule has 156 valence electrons. The van der Waals surface area contributed by atoms with E-state index < -0.39 is 0 Å². The van der Waals surface area contributed by atoms with Crippen LogP contribution < -0.4 is 15.5 Å². The monoisotopic (exact) mass is 396 g/mol. The molecule has 1 fully saturated rings. The standard InChI is InChI=1S/C22H32N6O/c1-17-15-18(2)28(26-17)14-6-12-24-22(23-3)25-16-19-8-10-20(11-9-19)27-13-5-4-7-21(27)29/h8-11,15H,4-7,12-14,16H2,1-3H3,(H2,23,24,25). The van der Waals surface area contributed by atoms with Crippen LogP contribution in [0.15, 0.2) is 35.3 Å². The molecule has 1 aliphatic heterocycles. The molecule has 0 aliphatic carbocycles. The smallest absolute Gasteiger partial charge is 0.226 e. The van der Waals surface area contributed by atoms with Gasteiger partial charge >= 0.3 is 0 Å². The molecule has 1 aromatic heterocycles. The zero-order chi connectivity index (χ0) is 20.6. The Morgan fingerprint density at radius 2 is 1.97 bits per heavy atom. The number of aromatic nitrogens is 2. The summed E-state index contributed by atoms with van der Waals surface area (Å²) in [5, 5.41) is 11.2. The van der Waals surface area contributed by atoms with Gasteiger partial charge in [0.15, 0.2) is 5.96 Å². The van der Waals surface area contributed by atoms with E-state index in [1.807, 2.05) is 28.6 Å². The predicted molar refractivity (Wildman–Crippen MR) is 117 cm³/mol. The van der Waals surface area contributed by atoms with Gasteiger partial charge in [-0.3, -0.25) is 14.5 Å². The number of nitrogens with zero attached hydrogens (tertiary/aromatic N) is 4. The average Bonchev–Trinajstić information content (AvgIpc) is 3.05. The van der Waals surface area contributed by atoms with Crippen LogP contribution in [-0.4, -0.2) is 41.8 Å². The van der Waals surface area contributed by atoms with Crippen LogP contribution in [0.25, 0.3) is 0 Å². The summed E-state index contributed by atoms with van der Waals surface area (Å²) in [6.07, 6.45) is 3.72. The van der Waals surface area contributed by atoms with Gasteiger partial charge in [-0.1, -0.05) is 12.1 Å². The van der Waals surface area contributed by atoms with E-state index in [9.17, 15) is 4.79 Å². The van der Waals surface area contributed by atoms with Crippen molar-refractivity contribution in [1.82, 2.24) is 20.4 Å². The zero-order valence-corrected chi connectivity index (χ0v) is 17.7. The molecule has 2 aromatic rings. The third-order valence-electron chi connectivity index (χ3n) is 5.20. The maximum atomic E-state index is 12.1. The molecule has 1 amide bonds. The molecule has 0 bridgehead atoms. The molecule has 1 aromatic carbocycles. The molecule has 2 N–H and O–H groups in total. The van der Waals surface area contributed by atoms with Gasteiger partial charge in [-0.2, -0.15) is 5.10 Å². The highest BCUT2D eigenvalue weighted by Gasteiger charge is 2.19. The lowest BCUT2D eigenvalue weighted by Crippen LogP contribution is -2.37. The van der Waals surface area contributed by atoms with Crippen molar-refractivity contribution in [2.24, 2.45) is 4.99 Å². The quantitative estimate of drug-likeness (QED) is 0.429. The summed E-state index contributed by atoms with van der Waals surface area (Å²) in [5.74, 6) is 1.01. The fourth-order valence-corrected chi connectivity index (χ4v) is 3.62. The van der Waals surface area contributed by atoms with E-state index in [0.717, 1.165) is 61.8 Å². The van der Waals surface area contributed by atoms with E-state index in [4.69, 9.17) is 0 Å². The van der Waals surface area contributed by atoms with Gasteiger partial charge in [0, 0.05) is 51.0 Å². The van der Waals surface area contributed by atoms with Crippen molar-refractivity contribution in [2.75, 3.05) is 25.0 Å². The number of guanidine groups is 1. The largest absolute Gasteiger partial charge is 0.356 e. The molecule has 0 radical (unpaired) electrons. The lowest BCUT2D eigenvalue weighted by atomic mass is 10.1. The average molecular weight is 397 g/mol. The van der Waals surface area contributed by atoms with Crippen LogP contribution in [0.5, 0.6) is 0 Å². The second-order valence-electron chi connectivity index (χ2n) is 7.53. The van der Waals surface area contributed by atoms with Gasteiger partial charge in [-0.15, -0.1) is 0 Å². The van der Waals surface area contributed by atoms with Crippen molar-refractivity contribution in [3.05, 3.63) is 47.3 Å². The van der Waals surface area contributed by atoms with E-state index in [1.54, 1.807) is 7.05 Å². The van der Waals surface area contributed by atoms with Crippen LogP contribution in [0.1, 0.15) is 42.6 Å². The fraction of sp³-hybridized carbons (Fsp3) is 0.500. The van der Waals surface area contributed by atoms with E-state index in [-0.39, 0.29) is 5.91 Å². The molecule has 0 saturated carbocycles. The van der Waals surface area contributed by atoms with Crippen molar-refractivity contribution >= 4 is 17.6 Å². The summed E-state index contributed by atoms with van der Waals surface area (Å²) in [7, 11) is 1.78. The minimum Gasteiger partial charge on any atom is -0.356 e. The number of amides is 1. The van der Waals surface area contributed by atoms with Gasteiger partial charge in [-0.05, 0) is 56.9 Å². The van der Waals surface area contributed by atoms with Crippen LogP contribution in [0.4, 0.5) is 5.69 Å². The molecule has 0 atom stereocenters. The third-order valence-corrected chi connectivity index (χ3v) is 5.20.